The fourth-order valence-electron chi connectivity index (χ4n) is 5.56. The summed E-state index contributed by atoms with van der Waals surface area (Å²) in [6.07, 6.45) is -8.81. The summed E-state index contributed by atoms with van der Waals surface area (Å²) < 4.78 is 128. The number of rotatable bonds is 11. The third-order valence-electron chi connectivity index (χ3n) is 8.73. The first-order chi connectivity index (χ1) is 31.4. The summed E-state index contributed by atoms with van der Waals surface area (Å²) in [5.41, 5.74) is 1.08. The van der Waals surface area contributed by atoms with Crippen LogP contribution >= 0.6 is 51.4 Å². The standard InChI is InChI=1S/C20H12BrF4N3O3S.C20H13F4N3O3S.CH4.BHNS/c21-8-15-16(32-18(26-15)10-1-3-11(4-2-10)20(23,24)25)9-30-12-5-6-13(14(22)7-12)17-27-19(29)31-28-17;1-10-16(31-18(25-10)11-2-4-12(5-3-11)20(22,23)24)9-29-13-6-7-14(15(21)8-13)17-26-19(28)30-27-17;;1-2-3/h1-7H,8-9H2,(H,27,28,29);2-8H,9H2,1H3,(H,26,27,28);1H4;3H. The summed E-state index contributed by atoms with van der Waals surface area (Å²) in [5, 5.41) is 8.40. The molecule has 0 fully saturated rings. The van der Waals surface area contributed by atoms with E-state index < -0.39 is 46.6 Å². The minimum absolute atomic E-state index is 0. The number of thiol groups is 1. The molecule has 4 aromatic heterocycles. The van der Waals surface area contributed by atoms with Gasteiger partial charge in [-0.3, -0.25) is 19.0 Å². The Morgan fingerprint density at radius 3 is 1.48 bits per heavy atom. The summed E-state index contributed by atoms with van der Waals surface area (Å²) in [6.45, 7) is 1.94. The van der Waals surface area contributed by atoms with Gasteiger partial charge < -0.3 is 9.47 Å². The average molecular weight is 1060 g/mol. The van der Waals surface area contributed by atoms with Crippen LogP contribution in [0.2, 0.25) is 0 Å². The van der Waals surface area contributed by atoms with E-state index in [2.05, 4.69) is 80.0 Å². The van der Waals surface area contributed by atoms with Gasteiger partial charge in [0.1, 0.15) is 46.4 Å². The van der Waals surface area contributed by atoms with Crippen LogP contribution in [0.4, 0.5) is 35.1 Å². The van der Waals surface area contributed by atoms with Crippen molar-refractivity contribution >= 4 is 59.1 Å². The zero-order valence-electron chi connectivity index (χ0n) is 33.1. The first-order valence-electron chi connectivity index (χ1n) is 18.2. The first-order valence-corrected chi connectivity index (χ1v) is 21.4. The monoisotopic (exact) mass is 1050 g/mol. The number of hydrogen-bond donors (Lipinski definition) is 3. The molecule has 349 valence electrons. The second kappa shape index (κ2) is 22.5. The van der Waals surface area contributed by atoms with Crippen LogP contribution in [0.5, 0.6) is 11.5 Å². The van der Waals surface area contributed by atoms with Gasteiger partial charge in [-0.25, -0.2) is 28.3 Å². The molecule has 0 aliphatic carbocycles. The fourth-order valence-corrected chi connectivity index (χ4v) is 8.19. The number of nitrogens with zero attached hydrogens (tertiary/aromatic N) is 5. The van der Waals surface area contributed by atoms with E-state index in [1.165, 1.54) is 71.2 Å². The molecule has 4 heterocycles. The van der Waals surface area contributed by atoms with Crippen LogP contribution in [0.1, 0.15) is 39.7 Å². The molecule has 0 atom stereocenters. The maximum atomic E-state index is 14.4. The molecule has 0 unspecified atom stereocenters. The van der Waals surface area contributed by atoms with Crippen LogP contribution in [0.15, 0.2) is 108 Å². The molecule has 0 aliphatic heterocycles. The number of ether oxygens (including phenoxy) is 2. The minimum atomic E-state index is -4.41. The molecule has 0 spiro atoms. The van der Waals surface area contributed by atoms with Crippen molar-refractivity contribution in [2.24, 2.45) is 4.30 Å². The molecule has 1 radical (unpaired) electrons. The normalized spacial score (nSPS) is 11.1. The SMILES string of the molecule is C.Cc1nc(-c2ccc(C(F)(F)F)cc2)sc1COc1ccc(-c2noc(=O)[nH]2)c(F)c1.O=c1[nH]c(-c2ccc(OCc3sc(-c4ccc(C(F)(F)F)cc4)nc3CBr)cc2F)no1.[B]=NS. The van der Waals surface area contributed by atoms with Crippen LogP contribution in [-0.4, -0.2) is 37.9 Å². The number of alkyl halides is 7. The van der Waals surface area contributed by atoms with Crippen molar-refractivity contribution in [2.45, 2.75) is 45.2 Å². The number of aromatic nitrogens is 6. The zero-order valence-corrected chi connectivity index (χ0v) is 37.2. The van der Waals surface area contributed by atoms with Gasteiger partial charge in [0.2, 0.25) is 0 Å². The summed E-state index contributed by atoms with van der Waals surface area (Å²) >= 11 is 9.09. The van der Waals surface area contributed by atoms with Gasteiger partial charge in [0.25, 0.3) is 0 Å². The maximum absolute atomic E-state index is 14.4. The number of aryl methyl sites for hydroxylation is 1. The Morgan fingerprint density at radius 1 is 0.701 bits per heavy atom. The molecule has 8 rings (SSSR count). The number of hydrogen-bond acceptors (Lipinski definition) is 14. The molecule has 26 heteroatoms. The van der Waals surface area contributed by atoms with Gasteiger partial charge in [-0.1, -0.05) is 57.9 Å². The third kappa shape index (κ3) is 13.4. The van der Waals surface area contributed by atoms with E-state index in [-0.39, 0.29) is 54.9 Å². The summed E-state index contributed by atoms with van der Waals surface area (Å²) in [6, 6.07) is 17.6. The quantitative estimate of drug-likeness (QED) is 0.0489. The number of H-pyrrole nitrogens is 2. The molecular weight excluding hydrogens is 1030 g/mol. The van der Waals surface area contributed by atoms with Crippen LogP contribution in [0, 0.1) is 18.6 Å². The van der Waals surface area contributed by atoms with Gasteiger partial charge in [0.15, 0.2) is 11.6 Å². The molecule has 67 heavy (non-hydrogen) atoms. The zero-order chi connectivity index (χ0) is 47.8. The topological polar surface area (TPSA) is 174 Å². The van der Waals surface area contributed by atoms with Crippen LogP contribution in [0.25, 0.3) is 43.9 Å². The number of halogens is 9. The predicted octanol–water partition coefficient (Wildman–Crippen LogP) is 11.8. The summed E-state index contributed by atoms with van der Waals surface area (Å²) in [4.78, 5) is 36.9. The molecule has 0 bridgehead atoms. The molecule has 8 aromatic rings. The number of thiazole rings is 2. The second-order valence-corrected chi connectivity index (χ2v) is 16.0. The van der Waals surface area contributed by atoms with Crippen molar-refractivity contribution in [1.29, 1.82) is 0 Å². The van der Waals surface area contributed by atoms with Crippen molar-refractivity contribution in [2.75, 3.05) is 0 Å². The van der Waals surface area contributed by atoms with Crippen molar-refractivity contribution < 1.29 is 53.6 Å². The van der Waals surface area contributed by atoms with Crippen molar-refractivity contribution in [1.82, 2.24) is 30.2 Å². The van der Waals surface area contributed by atoms with Crippen LogP contribution in [0.3, 0.4) is 0 Å². The Balaban J connectivity index is 0.000000234. The van der Waals surface area contributed by atoms with Gasteiger partial charge >= 0.3 is 48.6 Å². The van der Waals surface area contributed by atoms with Gasteiger partial charge in [-0.05, 0) is 55.5 Å². The Hall–Kier alpha value is -6.25. The van der Waals surface area contributed by atoms with Crippen LogP contribution < -0.4 is 21.0 Å². The molecule has 0 saturated carbocycles. The van der Waals surface area contributed by atoms with E-state index in [9.17, 15) is 44.7 Å². The van der Waals surface area contributed by atoms with Crippen molar-refractivity contribution in [3.8, 4) is 55.4 Å². The predicted molar refractivity (Wildman–Crippen MR) is 240 cm³/mol. The van der Waals surface area contributed by atoms with Gasteiger partial charge in [0.05, 0.1) is 43.4 Å². The van der Waals surface area contributed by atoms with E-state index in [0.717, 1.165) is 46.2 Å². The number of nitrogens with one attached hydrogen (secondary N) is 2. The van der Waals surface area contributed by atoms with E-state index >= 15 is 0 Å². The molecule has 0 amide bonds. The van der Waals surface area contributed by atoms with E-state index in [0.29, 0.717) is 37.9 Å². The fraction of sp³-hybridized carbons (Fsp3) is 0.171. The van der Waals surface area contributed by atoms with E-state index in [4.69, 9.17) is 9.47 Å². The first kappa shape index (κ1) is 51.7. The van der Waals surface area contributed by atoms with E-state index in [1.807, 2.05) is 0 Å². The Kier molecular flexibility index (Phi) is 17.4. The number of benzene rings is 4. The summed E-state index contributed by atoms with van der Waals surface area (Å²) in [7, 11) is 4.34. The van der Waals surface area contributed by atoms with Gasteiger partial charge in [-0.2, -0.15) is 26.3 Å². The van der Waals surface area contributed by atoms with Crippen LogP contribution in [-0.2, 0) is 30.9 Å². The van der Waals surface area contributed by atoms with Crippen molar-refractivity contribution in [3.63, 3.8) is 0 Å². The Bertz CT molecular complexity index is 3050. The number of aromatic amines is 2. The second-order valence-electron chi connectivity index (χ2n) is 13.1. The Morgan fingerprint density at radius 2 is 1.10 bits per heavy atom. The summed E-state index contributed by atoms with van der Waals surface area (Å²) in [5.74, 6) is -2.50. The molecule has 4 aromatic carbocycles. The van der Waals surface area contributed by atoms with E-state index in [1.54, 1.807) is 6.92 Å². The molecule has 0 saturated heterocycles. The van der Waals surface area contributed by atoms with Gasteiger partial charge in [0, 0.05) is 28.6 Å². The molecular formula is C41H30BBrF8N7O6S3. The molecule has 13 nitrogen and oxygen atoms in total. The van der Waals surface area contributed by atoms with Crippen molar-refractivity contribution in [3.05, 3.63) is 150 Å². The molecule has 2 N–H and O–H groups in total. The Labute approximate surface area is 396 Å². The molecule has 0 aliphatic rings. The van der Waals surface area contributed by atoms with Gasteiger partial charge in [-0.15, -0.1) is 22.7 Å². The average Bonchev–Trinajstić information content (AvgIpc) is 4.09. The third-order valence-corrected chi connectivity index (χ3v) is 11.6.